The average Bonchev–Trinajstić information content (AvgIpc) is 2.34. The van der Waals surface area contributed by atoms with Gasteiger partial charge in [-0.15, -0.1) is 0 Å². The van der Waals surface area contributed by atoms with Crippen LogP contribution in [0.25, 0.3) is 0 Å². The first-order valence-electron chi connectivity index (χ1n) is 5.19. The molecular weight excluding hydrogens is 511 g/mol. The SMILES string of the molecule is O=C(Nc1c(Cl)cc(I)cc1I)c1ccc(Cl)cc1. The minimum absolute atomic E-state index is 0.210. The number of hydrogen-bond donors (Lipinski definition) is 1. The van der Waals surface area contributed by atoms with Crippen molar-refractivity contribution in [3.8, 4) is 0 Å². The van der Waals surface area contributed by atoms with Crippen molar-refractivity contribution >= 4 is 80.0 Å². The number of carbonyl (C=O) groups excluding carboxylic acids is 1. The van der Waals surface area contributed by atoms with Crippen molar-refractivity contribution in [1.29, 1.82) is 0 Å². The number of hydrogen-bond acceptors (Lipinski definition) is 1. The van der Waals surface area contributed by atoms with Crippen molar-refractivity contribution in [2.45, 2.75) is 0 Å². The van der Waals surface area contributed by atoms with Gasteiger partial charge in [0.05, 0.1) is 10.7 Å². The predicted octanol–water partition coefficient (Wildman–Crippen LogP) is 5.45. The zero-order chi connectivity index (χ0) is 14.0. The summed E-state index contributed by atoms with van der Waals surface area (Å²) in [5.74, 6) is -0.210. The molecule has 0 aliphatic heterocycles. The Hall–Kier alpha value is -0.0500. The van der Waals surface area contributed by atoms with Crippen LogP contribution in [0, 0.1) is 7.14 Å². The normalized spacial score (nSPS) is 10.3. The molecule has 0 saturated carbocycles. The molecule has 98 valence electrons. The zero-order valence-corrected chi connectivity index (χ0v) is 15.2. The van der Waals surface area contributed by atoms with Gasteiger partial charge in [-0.2, -0.15) is 0 Å². The van der Waals surface area contributed by atoms with Gasteiger partial charge in [0, 0.05) is 17.7 Å². The molecule has 2 aromatic rings. The maximum absolute atomic E-state index is 12.1. The Balaban J connectivity index is 2.26. The van der Waals surface area contributed by atoms with Gasteiger partial charge in [0.1, 0.15) is 0 Å². The van der Waals surface area contributed by atoms with Crippen molar-refractivity contribution in [2.24, 2.45) is 0 Å². The lowest BCUT2D eigenvalue weighted by Crippen LogP contribution is -2.13. The number of benzene rings is 2. The van der Waals surface area contributed by atoms with Crippen LogP contribution in [-0.4, -0.2) is 5.91 Å². The van der Waals surface area contributed by atoms with Crippen LogP contribution in [-0.2, 0) is 0 Å². The van der Waals surface area contributed by atoms with E-state index in [2.05, 4.69) is 50.5 Å². The molecule has 0 fully saturated rings. The van der Waals surface area contributed by atoms with Crippen LogP contribution in [0.3, 0.4) is 0 Å². The van der Waals surface area contributed by atoms with Gasteiger partial charge in [0.2, 0.25) is 0 Å². The smallest absolute Gasteiger partial charge is 0.255 e. The number of nitrogens with one attached hydrogen (secondary N) is 1. The highest BCUT2D eigenvalue weighted by atomic mass is 127. The molecule has 0 bridgehead atoms. The van der Waals surface area contributed by atoms with Crippen molar-refractivity contribution in [3.05, 3.63) is 59.1 Å². The molecule has 2 aromatic carbocycles. The van der Waals surface area contributed by atoms with Crippen LogP contribution in [0.2, 0.25) is 10.0 Å². The lowest BCUT2D eigenvalue weighted by atomic mass is 10.2. The van der Waals surface area contributed by atoms with E-state index in [1.54, 1.807) is 24.3 Å². The van der Waals surface area contributed by atoms with Gasteiger partial charge in [-0.05, 0) is 81.6 Å². The van der Waals surface area contributed by atoms with Crippen molar-refractivity contribution < 1.29 is 4.79 Å². The third-order valence-corrected chi connectivity index (χ3v) is 4.38. The molecule has 1 amide bonds. The minimum atomic E-state index is -0.210. The van der Waals surface area contributed by atoms with E-state index in [-0.39, 0.29) is 5.91 Å². The largest absolute Gasteiger partial charge is 0.320 e. The quantitative estimate of drug-likeness (QED) is 0.527. The van der Waals surface area contributed by atoms with E-state index < -0.39 is 0 Å². The molecule has 0 unspecified atom stereocenters. The lowest BCUT2D eigenvalue weighted by molar-refractivity contribution is 0.102. The molecule has 6 heteroatoms. The lowest BCUT2D eigenvalue weighted by Gasteiger charge is -2.10. The molecule has 0 spiro atoms. The fraction of sp³-hybridized carbons (Fsp3) is 0. The van der Waals surface area contributed by atoms with E-state index in [1.807, 2.05) is 12.1 Å². The van der Waals surface area contributed by atoms with Crippen LogP contribution in [0.5, 0.6) is 0 Å². The molecule has 19 heavy (non-hydrogen) atoms. The Kier molecular flexibility index (Phi) is 5.33. The molecule has 0 atom stereocenters. The molecular formula is C13H7Cl2I2NO. The number of carbonyl (C=O) groups is 1. The predicted molar refractivity (Wildman–Crippen MR) is 96.3 cm³/mol. The van der Waals surface area contributed by atoms with E-state index >= 15 is 0 Å². The second-order valence-corrected chi connectivity index (χ2v) is 6.96. The Morgan fingerprint density at radius 1 is 1.05 bits per heavy atom. The first kappa shape index (κ1) is 15.3. The number of halogens is 4. The van der Waals surface area contributed by atoms with Gasteiger partial charge >= 0.3 is 0 Å². The summed E-state index contributed by atoms with van der Waals surface area (Å²) in [5, 5.41) is 3.94. The van der Waals surface area contributed by atoms with Gasteiger partial charge < -0.3 is 5.32 Å². The summed E-state index contributed by atoms with van der Waals surface area (Å²) in [6, 6.07) is 10.5. The van der Waals surface area contributed by atoms with E-state index in [0.717, 1.165) is 7.14 Å². The molecule has 1 N–H and O–H groups in total. The summed E-state index contributed by atoms with van der Waals surface area (Å²) < 4.78 is 1.92. The molecule has 0 radical (unpaired) electrons. The summed E-state index contributed by atoms with van der Waals surface area (Å²) in [4.78, 5) is 12.1. The maximum atomic E-state index is 12.1. The Morgan fingerprint density at radius 3 is 2.26 bits per heavy atom. The second kappa shape index (κ2) is 6.60. The molecule has 0 aliphatic carbocycles. The third kappa shape index (κ3) is 3.96. The number of rotatable bonds is 2. The highest BCUT2D eigenvalue weighted by molar-refractivity contribution is 14.1. The standard InChI is InChI=1S/C13H7Cl2I2NO/c14-8-3-1-7(2-4-8)13(19)18-12-10(15)5-9(16)6-11(12)17/h1-6H,(H,18,19). The summed E-state index contributed by atoms with van der Waals surface area (Å²) in [5.41, 5.74) is 1.16. The topological polar surface area (TPSA) is 29.1 Å². The van der Waals surface area contributed by atoms with Crippen LogP contribution < -0.4 is 5.32 Å². The van der Waals surface area contributed by atoms with Gasteiger partial charge in [-0.25, -0.2) is 0 Å². The molecule has 0 saturated heterocycles. The summed E-state index contributed by atoms with van der Waals surface area (Å²) in [6.07, 6.45) is 0. The van der Waals surface area contributed by atoms with Crippen LogP contribution >= 0.6 is 68.4 Å². The molecule has 0 heterocycles. The van der Waals surface area contributed by atoms with E-state index in [4.69, 9.17) is 23.2 Å². The number of anilines is 1. The highest BCUT2D eigenvalue weighted by Crippen LogP contribution is 2.30. The fourth-order valence-corrected chi connectivity index (χ4v) is 4.16. The fourth-order valence-electron chi connectivity index (χ4n) is 1.45. The van der Waals surface area contributed by atoms with Crippen molar-refractivity contribution in [1.82, 2.24) is 0 Å². The van der Waals surface area contributed by atoms with Crippen molar-refractivity contribution in [2.75, 3.05) is 5.32 Å². The van der Waals surface area contributed by atoms with E-state index in [9.17, 15) is 4.79 Å². The van der Waals surface area contributed by atoms with Crippen LogP contribution in [0.1, 0.15) is 10.4 Å². The first-order valence-corrected chi connectivity index (χ1v) is 8.10. The summed E-state index contributed by atoms with van der Waals surface area (Å²) >= 11 is 16.3. The summed E-state index contributed by atoms with van der Waals surface area (Å²) in [6.45, 7) is 0. The zero-order valence-electron chi connectivity index (χ0n) is 9.38. The van der Waals surface area contributed by atoms with Crippen molar-refractivity contribution in [3.63, 3.8) is 0 Å². The summed E-state index contributed by atoms with van der Waals surface area (Å²) in [7, 11) is 0. The van der Waals surface area contributed by atoms with Gasteiger partial charge in [0.25, 0.3) is 5.91 Å². The van der Waals surface area contributed by atoms with Gasteiger partial charge in [0.15, 0.2) is 0 Å². The third-order valence-electron chi connectivity index (χ3n) is 2.35. The van der Waals surface area contributed by atoms with Crippen LogP contribution in [0.4, 0.5) is 5.69 Å². The maximum Gasteiger partial charge on any atom is 0.255 e. The molecule has 2 nitrogen and oxygen atoms in total. The first-order chi connectivity index (χ1) is 8.97. The van der Waals surface area contributed by atoms with E-state index in [1.165, 1.54) is 0 Å². The minimum Gasteiger partial charge on any atom is -0.320 e. The second-order valence-electron chi connectivity index (χ2n) is 3.71. The van der Waals surface area contributed by atoms with Crippen LogP contribution in [0.15, 0.2) is 36.4 Å². The highest BCUT2D eigenvalue weighted by Gasteiger charge is 2.12. The number of amides is 1. The Labute approximate surface area is 148 Å². The van der Waals surface area contributed by atoms with E-state index in [0.29, 0.717) is 21.3 Å². The molecule has 0 aromatic heterocycles. The average molecular weight is 518 g/mol. The monoisotopic (exact) mass is 517 g/mol. The van der Waals surface area contributed by atoms with Gasteiger partial charge in [-0.1, -0.05) is 23.2 Å². The Bertz CT molecular complexity index is 606. The molecule has 2 rings (SSSR count). The Morgan fingerprint density at radius 2 is 1.68 bits per heavy atom. The molecule has 0 aliphatic rings. The van der Waals surface area contributed by atoms with Gasteiger partial charge in [-0.3, -0.25) is 4.79 Å².